The van der Waals surface area contributed by atoms with Crippen molar-refractivity contribution in [1.82, 2.24) is 4.90 Å². The van der Waals surface area contributed by atoms with Gasteiger partial charge < -0.3 is 15.0 Å². The quantitative estimate of drug-likeness (QED) is 0.787. The highest BCUT2D eigenvalue weighted by molar-refractivity contribution is 9.10. The number of thiophene rings is 1. The lowest BCUT2D eigenvalue weighted by molar-refractivity contribution is 0.102. The van der Waals surface area contributed by atoms with Gasteiger partial charge in [-0.05, 0) is 37.1 Å². The van der Waals surface area contributed by atoms with E-state index in [4.69, 9.17) is 4.74 Å². The first-order valence-corrected chi connectivity index (χ1v) is 9.67. The zero-order chi connectivity index (χ0) is 18.7. The molecule has 0 radical (unpaired) electrons. The van der Waals surface area contributed by atoms with Crippen molar-refractivity contribution in [3.05, 3.63) is 50.3 Å². The maximum atomic E-state index is 12.5. The Bertz CT molecular complexity index is 904. The molecule has 0 spiro atoms. The van der Waals surface area contributed by atoms with E-state index < -0.39 is 0 Å². The summed E-state index contributed by atoms with van der Waals surface area (Å²) in [5.41, 5.74) is 1.89. The molecule has 8 heteroatoms. The normalized spacial score (nSPS) is 12.9. The number of hydrogen-bond donors (Lipinski definition) is 1. The van der Waals surface area contributed by atoms with Crippen molar-refractivity contribution in [3.63, 3.8) is 0 Å². The SMILES string of the molecule is CCOC(=O)N1CCc2c(sc(NC(=O)c3cccc(Br)c3)c2C#N)C1. The van der Waals surface area contributed by atoms with Gasteiger partial charge in [0.05, 0.1) is 18.7 Å². The van der Waals surface area contributed by atoms with Crippen LogP contribution in [0, 0.1) is 11.3 Å². The Morgan fingerprint density at radius 2 is 2.27 bits per heavy atom. The molecule has 1 aliphatic rings. The number of ether oxygens (including phenoxy) is 1. The van der Waals surface area contributed by atoms with Crippen LogP contribution in [0.3, 0.4) is 0 Å². The average Bonchev–Trinajstić information content (AvgIpc) is 2.97. The highest BCUT2D eigenvalue weighted by Crippen LogP contribution is 2.37. The van der Waals surface area contributed by atoms with Gasteiger partial charge in [-0.2, -0.15) is 5.26 Å². The van der Waals surface area contributed by atoms with Crippen LogP contribution in [0.2, 0.25) is 0 Å². The van der Waals surface area contributed by atoms with E-state index in [2.05, 4.69) is 27.3 Å². The average molecular weight is 434 g/mol. The first kappa shape index (κ1) is 18.4. The predicted molar refractivity (Wildman–Crippen MR) is 102 cm³/mol. The standard InChI is InChI=1S/C18H16BrN3O3S/c1-2-25-18(24)22-7-6-13-14(9-20)17(26-15(13)10-22)21-16(23)11-4-3-5-12(19)8-11/h3-5,8H,2,6-7,10H2,1H3,(H,21,23). The molecule has 0 atom stereocenters. The number of nitriles is 1. The minimum absolute atomic E-state index is 0.274. The molecule has 6 nitrogen and oxygen atoms in total. The molecule has 3 rings (SSSR count). The molecule has 0 bridgehead atoms. The highest BCUT2D eigenvalue weighted by atomic mass is 79.9. The van der Waals surface area contributed by atoms with E-state index in [1.54, 1.807) is 30.0 Å². The van der Waals surface area contributed by atoms with E-state index in [0.29, 0.717) is 42.2 Å². The summed E-state index contributed by atoms with van der Waals surface area (Å²) < 4.78 is 5.85. The molecule has 0 unspecified atom stereocenters. The molecule has 2 heterocycles. The third kappa shape index (κ3) is 3.74. The van der Waals surface area contributed by atoms with Crippen molar-refractivity contribution in [2.45, 2.75) is 19.9 Å². The van der Waals surface area contributed by atoms with Crippen molar-refractivity contribution in [1.29, 1.82) is 5.26 Å². The smallest absolute Gasteiger partial charge is 0.410 e. The topological polar surface area (TPSA) is 82.4 Å². The minimum atomic E-state index is -0.357. The van der Waals surface area contributed by atoms with E-state index in [-0.39, 0.29) is 12.0 Å². The summed E-state index contributed by atoms with van der Waals surface area (Å²) in [6, 6.07) is 9.24. The van der Waals surface area contributed by atoms with Crippen LogP contribution >= 0.6 is 27.3 Å². The van der Waals surface area contributed by atoms with Gasteiger partial charge in [-0.3, -0.25) is 4.79 Å². The van der Waals surface area contributed by atoms with E-state index in [1.165, 1.54) is 11.3 Å². The van der Waals surface area contributed by atoms with E-state index >= 15 is 0 Å². The Labute approximate surface area is 163 Å². The maximum Gasteiger partial charge on any atom is 0.410 e. The summed E-state index contributed by atoms with van der Waals surface area (Å²) in [7, 11) is 0. The number of hydrogen-bond acceptors (Lipinski definition) is 5. The molecule has 1 aliphatic heterocycles. The molecule has 2 aromatic rings. The van der Waals surface area contributed by atoms with Gasteiger partial charge in [0, 0.05) is 21.5 Å². The fourth-order valence-electron chi connectivity index (χ4n) is 2.79. The third-order valence-corrected chi connectivity index (χ3v) is 5.63. The number of carbonyl (C=O) groups is 2. The zero-order valence-corrected chi connectivity index (χ0v) is 16.4. The van der Waals surface area contributed by atoms with Crippen LogP contribution in [0.15, 0.2) is 28.7 Å². The minimum Gasteiger partial charge on any atom is -0.450 e. The Morgan fingerprint density at radius 3 is 2.96 bits per heavy atom. The molecule has 1 N–H and O–H groups in total. The number of amides is 2. The summed E-state index contributed by atoms with van der Waals surface area (Å²) in [4.78, 5) is 26.9. The van der Waals surface area contributed by atoms with E-state index in [9.17, 15) is 14.9 Å². The van der Waals surface area contributed by atoms with Crippen molar-refractivity contribution < 1.29 is 14.3 Å². The number of benzene rings is 1. The number of fused-ring (bicyclic) bond motifs is 1. The lowest BCUT2D eigenvalue weighted by atomic mass is 10.0. The van der Waals surface area contributed by atoms with E-state index in [1.807, 2.05) is 6.07 Å². The number of anilines is 1. The second-order valence-electron chi connectivity index (χ2n) is 5.65. The fraction of sp³-hybridized carbons (Fsp3) is 0.278. The second-order valence-corrected chi connectivity index (χ2v) is 7.68. The predicted octanol–water partition coefficient (Wildman–Crippen LogP) is 4.15. The van der Waals surface area contributed by atoms with Crippen LogP contribution < -0.4 is 5.32 Å². The molecule has 1 aromatic carbocycles. The van der Waals surface area contributed by atoms with Gasteiger partial charge in [0.25, 0.3) is 5.91 Å². The van der Waals surface area contributed by atoms with E-state index in [0.717, 1.165) is 14.9 Å². The lowest BCUT2D eigenvalue weighted by Crippen LogP contribution is -2.35. The van der Waals surface area contributed by atoms with Gasteiger partial charge in [0.2, 0.25) is 0 Å². The summed E-state index contributed by atoms with van der Waals surface area (Å²) in [5.74, 6) is -0.274. The van der Waals surface area contributed by atoms with Crippen molar-refractivity contribution in [3.8, 4) is 6.07 Å². The van der Waals surface area contributed by atoms with Gasteiger partial charge in [-0.15, -0.1) is 11.3 Å². The van der Waals surface area contributed by atoms with Gasteiger partial charge in [-0.25, -0.2) is 4.79 Å². The lowest BCUT2D eigenvalue weighted by Gasteiger charge is -2.25. The molecule has 2 amide bonds. The number of nitrogens with one attached hydrogen (secondary N) is 1. The Kier molecular flexibility index (Phi) is 5.59. The van der Waals surface area contributed by atoms with Crippen molar-refractivity contribution >= 4 is 44.3 Å². The van der Waals surface area contributed by atoms with Gasteiger partial charge in [0.15, 0.2) is 0 Å². The first-order valence-electron chi connectivity index (χ1n) is 8.06. The molecule has 134 valence electrons. The second kappa shape index (κ2) is 7.89. The Hall–Kier alpha value is -2.37. The third-order valence-electron chi connectivity index (χ3n) is 4.01. The first-order chi connectivity index (χ1) is 12.5. The summed E-state index contributed by atoms with van der Waals surface area (Å²) in [6.07, 6.45) is 0.213. The number of halogens is 1. The van der Waals surface area contributed by atoms with Gasteiger partial charge in [-0.1, -0.05) is 22.0 Å². The molecule has 0 aliphatic carbocycles. The van der Waals surface area contributed by atoms with Crippen molar-refractivity contribution in [2.24, 2.45) is 0 Å². The summed E-state index contributed by atoms with van der Waals surface area (Å²) in [5, 5.41) is 12.9. The number of rotatable bonds is 3. The summed E-state index contributed by atoms with van der Waals surface area (Å²) in [6.45, 7) is 2.97. The fourth-order valence-corrected chi connectivity index (χ4v) is 4.39. The Morgan fingerprint density at radius 1 is 1.46 bits per heavy atom. The van der Waals surface area contributed by atoms with Crippen LogP contribution in [-0.4, -0.2) is 30.1 Å². The van der Waals surface area contributed by atoms with Gasteiger partial charge in [0.1, 0.15) is 11.1 Å². The van der Waals surface area contributed by atoms with Crippen LogP contribution in [0.1, 0.15) is 33.3 Å². The zero-order valence-electron chi connectivity index (χ0n) is 14.0. The van der Waals surface area contributed by atoms with Crippen LogP contribution in [-0.2, 0) is 17.7 Å². The maximum absolute atomic E-state index is 12.5. The highest BCUT2D eigenvalue weighted by Gasteiger charge is 2.28. The molecule has 0 saturated heterocycles. The molecular formula is C18H16BrN3O3S. The van der Waals surface area contributed by atoms with Crippen LogP contribution in [0.4, 0.5) is 9.80 Å². The van der Waals surface area contributed by atoms with Crippen LogP contribution in [0.25, 0.3) is 0 Å². The summed E-state index contributed by atoms with van der Waals surface area (Å²) >= 11 is 4.68. The molecule has 1 aromatic heterocycles. The monoisotopic (exact) mass is 433 g/mol. The molecule has 0 fully saturated rings. The Balaban J connectivity index is 1.83. The van der Waals surface area contributed by atoms with Crippen molar-refractivity contribution in [2.75, 3.05) is 18.5 Å². The molecular weight excluding hydrogens is 418 g/mol. The van der Waals surface area contributed by atoms with Gasteiger partial charge >= 0.3 is 6.09 Å². The number of carbonyl (C=O) groups excluding carboxylic acids is 2. The van der Waals surface area contributed by atoms with Crippen LogP contribution in [0.5, 0.6) is 0 Å². The molecule has 26 heavy (non-hydrogen) atoms. The number of nitrogens with zero attached hydrogens (tertiary/aromatic N) is 2. The molecule has 0 saturated carbocycles. The largest absolute Gasteiger partial charge is 0.450 e.